The van der Waals surface area contributed by atoms with Gasteiger partial charge >= 0.3 is 6.03 Å². The van der Waals surface area contributed by atoms with Gasteiger partial charge in [0.25, 0.3) is 5.91 Å². The molecule has 1 fully saturated rings. The van der Waals surface area contributed by atoms with Crippen molar-refractivity contribution in [2.24, 2.45) is 5.73 Å². The zero-order valence-electron chi connectivity index (χ0n) is 15.1. The number of benzene rings is 1. The molecule has 8 heteroatoms. The highest BCUT2D eigenvalue weighted by Crippen LogP contribution is 2.44. The second kappa shape index (κ2) is 6.75. The Balaban J connectivity index is 1.62. The monoisotopic (exact) mass is 374 g/mol. The van der Waals surface area contributed by atoms with Crippen LogP contribution in [0.1, 0.15) is 51.6 Å². The third-order valence-corrected chi connectivity index (χ3v) is 5.20. The number of hydrogen-bond donors (Lipinski definition) is 2. The van der Waals surface area contributed by atoms with Gasteiger partial charge in [0.1, 0.15) is 6.07 Å². The lowest BCUT2D eigenvalue weighted by atomic mass is 10.1. The predicted octanol–water partition coefficient (Wildman–Crippen LogP) is 2.26. The van der Waals surface area contributed by atoms with Crippen LogP contribution in [0.5, 0.6) is 0 Å². The Morgan fingerprint density at radius 3 is 2.61 bits per heavy atom. The van der Waals surface area contributed by atoms with Crippen molar-refractivity contribution in [3.8, 4) is 12.1 Å². The van der Waals surface area contributed by atoms with Crippen LogP contribution in [0.3, 0.4) is 0 Å². The normalized spacial score (nSPS) is 15.3. The van der Waals surface area contributed by atoms with E-state index in [4.69, 9.17) is 11.0 Å². The molecule has 0 radical (unpaired) electrons. The summed E-state index contributed by atoms with van der Waals surface area (Å²) in [6.07, 6.45) is 1.99. The Kier molecular flexibility index (Phi) is 4.25. The molecule has 140 valence electrons. The van der Waals surface area contributed by atoms with Crippen LogP contribution < -0.4 is 11.1 Å². The third kappa shape index (κ3) is 2.95. The first kappa shape index (κ1) is 17.6. The van der Waals surface area contributed by atoms with Crippen molar-refractivity contribution < 1.29 is 9.59 Å². The maximum absolute atomic E-state index is 12.7. The molecule has 1 saturated carbocycles. The molecule has 4 rings (SSSR count). The summed E-state index contributed by atoms with van der Waals surface area (Å²) in [5.41, 5.74) is 8.64. The first-order valence-corrected chi connectivity index (χ1v) is 9.04. The smallest absolute Gasteiger partial charge is 0.322 e. The third-order valence-electron chi connectivity index (χ3n) is 5.20. The number of amides is 3. The highest BCUT2D eigenvalue weighted by molar-refractivity contribution is 5.98. The van der Waals surface area contributed by atoms with Crippen LogP contribution in [-0.4, -0.2) is 28.0 Å². The second-order valence-electron chi connectivity index (χ2n) is 7.03. The van der Waals surface area contributed by atoms with Crippen LogP contribution in [0, 0.1) is 22.7 Å². The molecule has 0 unspecified atom stereocenters. The van der Waals surface area contributed by atoms with Gasteiger partial charge in [-0.25, -0.2) is 4.79 Å². The number of carbonyl (C=O) groups is 2. The largest absolute Gasteiger partial charge is 0.366 e. The van der Waals surface area contributed by atoms with E-state index in [1.807, 2.05) is 10.6 Å². The van der Waals surface area contributed by atoms with E-state index in [1.165, 1.54) is 0 Å². The van der Waals surface area contributed by atoms with Crippen molar-refractivity contribution >= 4 is 17.6 Å². The number of aromatic nitrogens is 1. The lowest BCUT2D eigenvalue weighted by Crippen LogP contribution is -2.41. The quantitative estimate of drug-likeness (QED) is 0.854. The van der Waals surface area contributed by atoms with E-state index < -0.39 is 5.91 Å². The number of nitrogens with one attached hydrogen (secondary N) is 1. The number of nitrogens with zero attached hydrogens (tertiary/aromatic N) is 4. The molecule has 0 atom stereocenters. The number of hydrogen-bond acceptors (Lipinski definition) is 4. The zero-order chi connectivity index (χ0) is 19.8. The maximum Gasteiger partial charge on any atom is 0.322 e. The van der Waals surface area contributed by atoms with Gasteiger partial charge in [0, 0.05) is 30.4 Å². The molecule has 2 aromatic rings. The lowest BCUT2D eigenvalue weighted by molar-refractivity contribution is 0.0997. The van der Waals surface area contributed by atoms with E-state index >= 15 is 0 Å². The van der Waals surface area contributed by atoms with Crippen molar-refractivity contribution in [3.05, 3.63) is 52.3 Å². The molecule has 1 aliphatic carbocycles. The number of urea groups is 1. The summed E-state index contributed by atoms with van der Waals surface area (Å²) >= 11 is 0. The molecular formula is C20H18N6O2. The van der Waals surface area contributed by atoms with E-state index in [0.29, 0.717) is 35.6 Å². The summed E-state index contributed by atoms with van der Waals surface area (Å²) in [4.78, 5) is 26.3. The lowest BCUT2D eigenvalue weighted by Gasteiger charge is -2.30. The summed E-state index contributed by atoms with van der Waals surface area (Å²) < 4.78 is 2.00. The predicted molar refractivity (Wildman–Crippen MR) is 100 cm³/mol. The summed E-state index contributed by atoms with van der Waals surface area (Å²) in [5.74, 6) is -0.355. The Morgan fingerprint density at radius 2 is 1.96 bits per heavy atom. The highest BCUT2D eigenvalue weighted by atomic mass is 16.2. The molecular weight excluding hydrogens is 356 g/mol. The summed E-state index contributed by atoms with van der Waals surface area (Å²) in [5, 5.41) is 21.4. The standard InChI is InChI=1S/C20H18N6O2/c21-9-12-2-1-3-14(8-12)24-20(28)25-6-7-26-16(11-25)17(19(23)27)15(10-22)18(26)13-4-5-13/h1-3,8,13H,4-7,11H2,(H2,23,27)(H,24,28). The van der Waals surface area contributed by atoms with E-state index in [-0.39, 0.29) is 24.1 Å². The van der Waals surface area contributed by atoms with Gasteiger partial charge in [-0.1, -0.05) is 6.07 Å². The van der Waals surface area contributed by atoms with Crippen LogP contribution >= 0.6 is 0 Å². The summed E-state index contributed by atoms with van der Waals surface area (Å²) in [6, 6.07) is 10.5. The average molecular weight is 374 g/mol. The highest BCUT2D eigenvalue weighted by Gasteiger charge is 2.37. The van der Waals surface area contributed by atoms with Gasteiger partial charge in [0.05, 0.1) is 35.0 Å². The average Bonchev–Trinajstić information content (AvgIpc) is 3.47. The van der Waals surface area contributed by atoms with Gasteiger partial charge in [-0.15, -0.1) is 0 Å². The van der Waals surface area contributed by atoms with E-state index in [0.717, 1.165) is 18.5 Å². The number of nitrogens with two attached hydrogens (primary N) is 1. The van der Waals surface area contributed by atoms with Crippen molar-refractivity contribution in [1.29, 1.82) is 10.5 Å². The van der Waals surface area contributed by atoms with Gasteiger partial charge in [-0.05, 0) is 31.0 Å². The maximum atomic E-state index is 12.7. The van der Waals surface area contributed by atoms with E-state index in [1.54, 1.807) is 29.2 Å². The first-order valence-electron chi connectivity index (χ1n) is 9.04. The molecule has 28 heavy (non-hydrogen) atoms. The molecule has 1 aromatic carbocycles. The molecule has 2 aliphatic rings. The number of fused-ring (bicyclic) bond motifs is 1. The topological polar surface area (TPSA) is 128 Å². The fourth-order valence-electron chi connectivity index (χ4n) is 3.79. The fourth-order valence-corrected chi connectivity index (χ4v) is 3.79. The van der Waals surface area contributed by atoms with Crippen LogP contribution in [0.15, 0.2) is 24.3 Å². The van der Waals surface area contributed by atoms with Crippen LogP contribution in [-0.2, 0) is 13.1 Å². The molecule has 0 saturated heterocycles. The van der Waals surface area contributed by atoms with Gasteiger partial charge in [-0.3, -0.25) is 4.79 Å². The Bertz CT molecular complexity index is 1070. The first-order chi connectivity index (χ1) is 13.5. The minimum atomic E-state index is -0.642. The number of rotatable bonds is 3. The van der Waals surface area contributed by atoms with Gasteiger partial charge in [-0.2, -0.15) is 10.5 Å². The van der Waals surface area contributed by atoms with Crippen LogP contribution in [0.25, 0.3) is 0 Å². The second-order valence-corrected chi connectivity index (χ2v) is 7.03. The van der Waals surface area contributed by atoms with Gasteiger partial charge < -0.3 is 20.5 Å². The molecule has 1 aromatic heterocycles. The summed E-state index contributed by atoms with van der Waals surface area (Å²) in [6.45, 7) is 1.16. The molecule has 8 nitrogen and oxygen atoms in total. The van der Waals surface area contributed by atoms with Crippen molar-refractivity contribution in [3.63, 3.8) is 0 Å². The molecule has 1 aliphatic heterocycles. The van der Waals surface area contributed by atoms with Crippen LogP contribution in [0.2, 0.25) is 0 Å². The SMILES string of the molecule is N#Cc1cccc(NC(=O)N2CCn3c(c(C(N)=O)c(C#N)c3C3CC3)C2)c1. The molecule has 3 N–H and O–H groups in total. The number of anilines is 1. The number of nitriles is 2. The van der Waals surface area contributed by atoms with E-state index in [2.05, 4.69) is 11.4 Å². The van der Waals surface area contributed by atoms with Gasteiger partial charge in [0.2, 0.25) is 0 Å². The fraction of sp³-hybridized carbons (Fsp3) is 0.300. The van der Waals surface area contributed by atoms with Crippen molar-refractivity contribution in [2.45, 2.75) is 31.8 Å². The Morgan fingerprint density at radius 1 is 1.18 bits per heavy atom. The van der Waals surface area contributed by atoms with Crippen LogP contribution in [0.4, 0.5) is 10.5 Å². The minimum absolute atomic E-state index is 0.198. The number of carbonyl (C=O) groups excluding carboxylic acids is 2. The summed E-state index contributed by atoms with van der Waals surface area (Å²) in [7, 11) is 0. The van der Waals surface area contributed by atoms with E-state index in [9.17, 15) is 14.9 Å². The Labute approximate surface area is 161 Å². The minimum Gasteiger partial charge on any atom is -0.366 e. The molecule has 2 heterocycles. The number of primary amides is 1. The van der Waals surface area contributed by atoms with Crippen molar-refractivity contribution in [1.82, 2.24) is 9.47 Å². The Hall–Kier alpha value is -3.78. The molecule has 0 bridgehead atoms. The molecule has 0 spiro atoms. The van der Waals surface area contributed by atoms with Gasteiger partial charge in [0.15, 0.2) is 0 Å². The molecule has 3 amide bonds. The zero-order valence-corrected chi connectivity index (χ0v) is 15.1. The van der Waals surface area contributed by atoms with Crippen molar-refractivity contribution in [2.75, 3.05) is 11.9 Å².